The topological polar surface area (TPSA) is 28.4 Å². The average molecular weight is 292 g/mol. The second-order valence-corrected chi connectivity index (χ2v) is 6.84. The minimum Gasteiger partial charge on any atom is -0.465 e. The predicted octanol–water partition coefficient (Wildman–Crippen LogP) is 4.10. The molecule has 1 saturated heterocycles. The molecule has 0 atom stereocenters. The zero-order valence-corrected chi connectivity index (χ0v) is 14.2. The molecule has 2 rings (SSSR count). The summed E-state index contributed by atoms with van der Waals surface area (Å²) in [7, 11) is 0. The highest BCUT2D eigenvalue weighted by atomic mass is 16.3. The standard InChI is InChI=1S/C18H32N2O/c1-5-6-16-7-9-20(10-8-16)13-17-11-18(21-15(17)4)12-19-14(2)3/h11,14,16,19H,5-10,12-13H2,1-4H3. The molecule has 1 fully saturated rings. The zero-order valence-electron chi connectivity index (χ0n) is 14.2. The molecule has 21 heavy (non-hydrogen) atoms. The number of nitrogens with zero attached hydrogens (tertiary/aromatic N) is 1. The van der Waals surface area contributed by atoms with Crippen LogP contribution in [0.25, 0.3) is 0 Å². The smallest absolute Gasteiger partial charge is 0.118 e. The highest BCUT2D eigenvalue weighted by Gasteiger charge is 2.20. The number of rotatable bonds is 7. The number of furan rings is 1. The summed E-state index contributed by atoms with van der Waals surface area (Å²) >= 11 is 0. The second-order valence-electron chi connectivity index (χ2n) is 6.84. The SMILES string of the molecule is CCCC1CCN(Cc2cc(CNC(C)C)oc2C)CC1. The number of likely N-dealkylation sites (tertiary alicyclic amines) is 1. The van der Waals surface area contributed by atoms with Crippen molar-refractivity contribution in [3.63, 3.8) is 0 Å². The number of hydrogen-bond acceptors (Lipinski definition) is 3. The maximum absolute atomic E-state index is 5.88. The Kier molecular flexibility index (Phi) is 6.31. The lowest BCUT2D eigenvalue weighted by molar-refractivity contribution is 0.171. The fraction of sp³-hybridized carbons (Fsp3) is 0.778. The van der Waals surface area contributed by atoms with Gasteiger partial charge in [0, 0.05) is 18.2 Å². The molecular weight excluding hydrogens is 260 g/mol. The van der Waals surface area contributed by atoms with Gasteiger partial charge in [-0.3, -0.25) is 4.90 Å². The molecule has 0 aliphatic carbocycles. The largest absolute Gasteiger partial charge is 0.465 e. The van der Waals surface area contributed by atoms with Crippen molar-refractivity contribution in [3.8, 4) is 0 Å². The summed E-state index contributed by atoms with van der Waals surface area (Å²) in [5.41, 5.74) is 1.37. The summed E-state index contributed by atoms with van der Waals surface area (Å²) in [6.45, 7) is 13.1. The molecule has 0 bridgehead atoms. The molecule has 0 unspecified atom stereocenters. The fourth-order valence-corrected chi connectivity index (χ4v) is 3.22. The van der Waals surface area contributed by atoms with Crippen molar-refractivity contribution < 1.29 is 4.42 Å². The summed E-state index contributed by atoms with van der Waals surface area (Å²) in [6.07, 6.45) is 5.47. The highest BCUT2D eigenvalue weighted by Crippen LogP contribution is 2.24. The predicted molar refractivity (Wildman–Crippen MR) is 88.3 cm³/mol. The van der Waals surface area contributed by atoms with Crippen LogP contribution in [-0.4, -0.2) is 24.0 Å². The van der Waals surface area contributed by atoms with E-state index in [1.165, 1.54) is 44.3 Å². The number of nitrogens with one attached hydrogen (secondary N) is 1. The Bertz CT molecular complexity index is 417. The lowest BCUT2D eigenvalue weighted by atomic mass is 9.92. The van der Waals surface area contributed by atoms with Crippen LogP contribution in [0.3, 0.4) is 0 Å². The first kappa shape index (κ1) is 16.6. The van der Waals surface area contributed by atoms with Crippen LogP contribution in [0.5, 0.6) is 0 Å². The molecule has 1 aliphatic rings. The summed E-state index contributed by atoms with van der Waals surface area (Å²) in [4.78, 5) is 2.59. The third kappa shape index (κ3) is 5.15. The third-order valence-corrected chi connectivity index (χ3v) is 4.55. The van der Waals surface area contributed by atoms with Crippen molar-refractivity contribution in [2.24, 2.45) is 5.92 Å². The Morgan fingerprint density at radius 3 is 2.67 bits per heavy atom. The first-order valence-electron chi connectivity index (χ1n) is 8.62. The van der Waals surface area contributed by atoms with Gasteiger partial charge in [-0.05, 0) is 44.8 Å². The van der Waals surface area contributed by atoms with E-state index >= 15 is 0 Å². The van der Waals surface area contributed by atoms with Crippen LogP contribution in [0.4, 0.5) is 0 Å². The number of aryl methyl sites for hydroxylation is 1. The maximum atomic E-state index is 5.88. The second kappa shape index (κ2) is 8.00. The summed E-state index contributed by atoms with van der Waals surface area (Å²) in [5.74, 6) is 3.12. The molecule has 0 saturated carbocycles. The van der Waals surface area contributed by atoms with E-state index in [-0.39, 0.29) is 0 Å². The summed E-state index contributed by atoms with van der Waals surface area (Å²) < 4.78 is 5.88. The van der Waals surface area contributed by atoms with Crippen LogP contribution >= 0.6 is 0 Å². The van der Waals surface area contributed by atoms with Crippen LogP contribution < -0.4 is 5.32 Å². The third-order valence-electron chi connectivity index (χ3n) is 4.55. The highest BCUT2D eigenvalue weighted by molar-refractivity contribution is 5.20. The first-order valence-corrected chi connectivity index (χ1v) is 8.62. The quantitative estimate of drug-likeness (QED) is 0.820. The monoisotopic (exact) mass is 292 g/mol. The molecule has 0 spiro atoms. The van der Waals surface area contributed by atoms with Gasteiger partial charge in [0.1, 0.15) is 11.5 Å². The van der Waals surface area contributed by atoms with E-state index in [1.54, 1.807) is 0 Å². The molecule has 1 N–H and O–H groups in total. The van der Waals surface area contributed by atoms with Gasteiger partial charge in [-0.1, -0.05) is 33.6 Å². The molecule has 0 radical (unpaired) electrons. The number of piperidine rings is 1. The first-order chi connectivity index (χ1) is 10.1. The van der Waals surface area contributed by atoms with Gasteiger partial charge in [0.05, 0.1) is 6.54 Å². The van der Waals surface area contributed by atoms with E-state index in [9.17, 15) is 0 Å². The molecule has 0 amide bonds. The van der Waals surface area contributed by atoms with Crippen LogP contribution in [0.2, 0.25) is 0 Å². The van der Waals surface area contributed by atoms with Gasteiger partial charge in [-0.25, -0.2) is 0 Å². The molecule has 0 aromatic carbocycles. The van der Waals surface area contributed by atoms with Crippen LogP contribution in [0, 0.1) is 12.8 Å². The van der Waals surface area contributed by atoms with Crippen molar-refractivity contribution in [1.82, 2.24) is 10.2 Å². The number of hydrogen-bond donors (Lipinski definition) is 1. The molecule has 3 heteroatoms. The van der Waals surface area contributed by atoms with Gasteiger partial charge < -0.3 is 9.73 Å². The molecule has 1 aromatic heterocycles. The minimum absolute atomic E-state index is 0.497. The lowest BCUT2D eigenvalue weighted by Gasteiger charge is -2.31. The van der Waals surface area contributed by atoms with Crippen LogP contribution in [0.1, 0.15) is 63.5 Å². The van der Waals surface area contributed by atoms with Crippen LogP contribution in [0.15, 0.2) is 10.5 Å². The molecule has 1 aromatic rings. The van der Waals surface area contributed by atoms with E-state index in [2.05, 4.69) is 44.0 Å². The Labute approximate surface area is 130 Å². The Hall–Kier alpha value is -0.800. The van der Waals surface area contributed by atoms with Gasteiger partial charge in [0.25, 0.3) is 0 Å². The van der Waals surface area contributed by atoms with E-state index in [0.717, 1.165) is 30.5 Å². The molecule has 3 nitrogen and oxygen atoms in total. The molecule has 120 valence electrons. The van der Waals surface area contributed by atoms with Crippen molar-refractivity contribution in [1.29, 1.82) is 0 Å². The molecular formula is C18H32N2O. The van der Waals surface area contributed by atoms with E-state index in [1.807, 2.05) is 0 Å². The molecule has 1 aliphatic heterocycles. The van der Waals surface area contributed by atoms with Crippen molar-refractivity contribution in [2.45, 2.75) is 72.5 Å². The van der Waals surface area contributed by atoms with Crippen LogP contribution in [-0.2, 0) is 13.1 Å². The Balaban J connectivity index is 1.83. The lowest BCUT2D eigenvalue weighted by Crippen LogP contribution is -2.33. The summed E-state index contributed by atoms with van der Waals surface area (Å²) in [5, 5.41) is 3.42. The van der Waals surface area contributed by atoms with Gasteiger partial charge in [-0.2, -0.15) is 0 Å². The normalized spacial score (nSPS) is 17.8. The van der Waals surface area contributed by atoms with Crippen molar-refractivity contribution in [3.05, 3.63) is 23.2 Å². The fourth-order valence-electron chi connectivity index (χ4n) is 3.22. The van der Waals surface area contributed by atoms with E-state index in [0.29, 0.717) is 6.04 Å². The zero-order chi connectivity index (χ0) is 15.2. The average Bonchev–Trinajstić information content (AvgIpc) is 2.80. The van der Waals surface area contributed by atoms with Gasteiger partial charge in [-0.15, -0.1) is 0 Å². The van der Waals surface area contributed by atoms with Crippen molar-refractivity contribution >= 4 is 0 Å². The van der Waals surface area contributed by atoms with Gasteiger partial charge in [0.15, 0.2) is 0 Å². The van der Waals surface area contributed by atoms with Gasteiger partial charge >= 0.3 is 0 Å². The maximum Gasteiger partial charge on any atom is 0.118 e. The molecule has 2 heterocycles. The van der Waals surface area contributed by atoms with E-state index < -0.39 is 0 Å². The Morgan fingerprint density at radius 2 is 2.05 bits per heavy atom. The van der Waals surface area contributed by atoms with Gasteiger partial charge in [0.2, 0.25) is 0 Å². The van der Waals surface area contributed by atoms with Crippen molar-refractivity contribution in [2.75, 3.05) is 13.1 Å². The Morgan fingerprint density at radius 1 is 1.33 bits per heavy atom. The minimum atomic E-state index is 0.497. The van der Waals surface area contributed by atoms with E-state index in [4.69, 9.17) is 4.42 Å². The summed E-state index contributed by atoms with van der Waals surface area (Å²) in [6, 6.07) is 2.74.